The second kappa shape index (κ2) is 31.1. The highest BCUT2D eigenvalue weighted by Gasteiger charge is 2.31. The average molecular weight is 823 g/mol. The number of amides is 5. The molecule has 0 unspecified atom stereocenters. The fourth-order valence-electron chi connectivity index (χ4n) is 7.74. The Kier molecular flexibility index (Phi) is 28.5. The molecule has 338 valence electrons. The Morgan fingerprint density at radius 3 is 1.43 bits per heavy atom. The van der Waals surface area contributed by atoms with Gasteiger partial charge in [0.2, 0.25) is 29.5 Å². The van der Waals surface area contributed by atoms with Crippen LogP contribution in [0, 0.1) is 12.3 Å². The van der Waals surface area contributed by atoms with E-state index < -0.39 is 11.3 Å². The third-order valence-corrected chi connectivity index (χ3v) is 11.2. The third-order valence-electron chi connectivity index (χ3n) is 11.2. The SMILES string of the molecule is [CH2-]CN1CCN(CCC)CCN(CCC)CCN(CC(=O)NCC(=O)NCC(CCC)(CCC)COCC(=O)N(CC(=O)N(CC)CC)CC(=O)N(CC)CC)CC1. The molecule has 15 nitrogen and oxygen atoms in total. The van der Waals surface area contributed by atoms with Gasteiger partial charge in [0.15, 0.2) is 0 Å². The smallest absolute Gasteiger partial charge is 0.249 e. The molecule has 0 aromatic carbocycles. The van der Waals surface area contributed by atoms with E-state index in [1.807, 2.05) is 27.7 Å². The van der Waals surface area contributed by atoms with E-state index in [1.165, 1.54) is 4.90 Å². The summed E-state index contributed by atoms with van der Waals surface area (Å²) in [5.74, 6) is -1.33. The molecule has 0 saturated carbocycles. The van der Waals surface area contributed by atoms with Crippen LogP contribution in [0.4, 0.5) is 0 Å². The van der Waals surface area contributed by atoms with Crippen LogP contribution in [0.5, 0.6) is 0 Å². The van der Waals surface area contributed by atoms with Gasteiger partial charge in [-0.25, -0.2) is 0 Å². The quantitative estimate of drug-likeness (QED) is 0.119. The van der Waals surface area contributed by atoms with Gasteiger partial charge in [0.05, 0.1) is 19.7 Å². The minimum absolute atomic E-state index is 0.128. The van der Waals surface area contributed by atoms with E-state index in [2.05, 4.69) is 64.9 Å². The first-order chi connectivity index (χ1) is 27.9. The monoisotopic (exact) mass is 823 g/mol. The van der Waals surface area contributed by atoms with Crippen LogP contribution in [0.3, 0.4) is 0 Å². The Labute approximate surface area is 352 Å². The first-order valence-electron chi connectivity index (χ1n) is 22.5. The number of hydrogen-bond donors (Lipinski definition) is 2. The maximum atomic E-state index is 13.5. The fourth-order valence-corrected chi connectivity index (χ4v) is 7.74. The summed E-state index contributed by atoms with van der Waals surface area (Å²) >= 11 is 0. The van der Waals surface area contributed by atoms with Gasteiger partial charge in [-0.05, 0) is 66.5 Å². The van der Waals surface area contributed by atoms with Crippen molar-refractivity contribution >= 4 is 29.5 Å². The van der Waals surface area contributed by atoms with Gasteiger partial charge in [-0.15, -0.1) is 6.54 Å². The molecule has 2 N–H and O–H groups in total. The van der Waals surface area contributed by atoms with Gasteiger partial charge < -0.3 is 51.7 Å². The van der Waals surface area contributed by atoms with Crippen molar-refractivity contribution in [2.45, 2.75) is 93.9 Å². The highest BCUT2D eigenvalue weighted by Crippen LogP contribution is 2.30. The Morgan fingerprint density at radius 2 is 1.02 bits per heavy atom. The Bertz CT molecular complexity index is 1140. The lowest BCUT2D eigenvalue weighted by atomic mass is 9.80. The van der Waals surface area contributed by atoms with E-state index in [-0.39, 0.29) is 63.0 Å². The van der Waals surface area contributed by atoms with Crippen molar-refractivity contribution < 1.29 is 28.7 Å². The van der Waals surface area contributed by atoms with Crippen molar-refractivity contribution in [1.29, 1.82) is 0 Å². The van der Waals surface area contributed by atoms with Gasteiger partial charge in [-0.2, -0.15) is 0 Å². The zero-order chi connectivity index (χ0) is 43.3. The molecule has 0 spiro atoms. The number of ether oxygens (including phenoxy) is 1. The predicted molar refractivity (Wildman–Crippen MR) is 233 cm³/mol. The molecule has 1 aliphatic rings. The number of hydrogen-bond acceptors (Lipinski definition) is 10. The van der Waals surface area contributed by atoms with Crippen LogP contribution in [-0.2, 0) is 28.7 Å². The van der Waals surface area contributed by atoms with E-state index in [0.29, 0.717) is 32.7 Å². The molecule has 15 heteroatoms. The van der Waals surface area contributed by atoms with E-state index in [4.69, 9.17) is 4.74 Å². The maximum absolute atomic E-state index is 13.5. The molecule has 0 aromatic rings. The highest BCUT2D eigenvalue weighted by molar-refractivity contribution is 5.89. The Hall–Kier alpha value is -2.85. The summed E-state index contributed by atoms with van der Waals surface area (Å²) in [6.45, 7) is 32.3. The van der Waals surface area contributed by atoms with E-state index in [9.17, 15) is 24.0 Å². The number of carbonyl (C=O) groups is 5. The molecule has 1 saturated heterocycles. The summed E-state index contributed by atoms with van der Waals surface area (Å²) in [6.07, 6.45) is 5.44. The van der Waals surface area contributed by atoms with Crippen molar-refractivity contribution in [3.8, 4) is 0 Å². The molecule has 0 radical (unpaired) electrons. The minimum atomic E-state index is -0.431. The lowest BCUT2D eigenvalue weighted by Gasteiger charge is -2.34. The van der Waals surface area contributed by atoms with Gasteiger partial charge in [-0.3, -0.25) is 28.9 Å². The normalized spacial score (nSPS) is 15.6. The Morgan fingerprint density at radius 1 is 0.569 bits per heavy atom. The van der Waals surface area contributed by atoms with Crippen LogP contribution in [0.2, 0.25) is 0 Å². The lowest BCUT2D eigenvalue weighted by molar-refractivity contribution is -0.148. The summed E-state index contributed by atoms with van der Waals surface area (Å²) in [7, 11) is 0. The van der Waals surface area contributed by atoms with Gasteiger partial charge in [0, 0.05) is 90.5 Å². The summed E-state index contributed by atoms with van der Waals surface area (Å²) in [5.41, 5.74) is -0.431. The average Bonchev–Trinajstić information content (AvgIpc) is 3.20. The second-order valence-corrected chi connectivity index (χ2v) is 15.7. The number of nitrogens with zero attached hydrogens (tertiary/aromatic N) is 7. The van der Waals surface area contributed by atoms with Crippen LogP contribution in [0.25, 0.3) is 0 Å². The van der Waals surface area contributed by atoms with Gasteiger partial charge in [0.25, 0.3) is 0 Å². The molecule has 5 amide bonds. The largest absolute Gasteiger partial charge is 0.371 e. The molecule has 0 atom stereocenters. The van der Waals surface area contributed by atoms with Crippen LogP contribution in [0.1, 0.15) is 93.9 Å². The van der Waals surface area contributed by atoms with Crippen molar-refractivity contribution in [2.75, 3.05) is 144 Å². The molecule has 0 aliphatic carbocycles. The number of likely N-dealkylation sites (N-methyl/N-ethyl adjacent to an activating group) is 2. The number of nitrogens with one attached hydrogen (secondary N) is 2. The number of rotatable bonds is 27. The Balaban J connectivity index is 2.89. The molecule has 58 heavy (non-hydrogen) atoms. The molecule has 1 heterocycles. The summed E-state index contributed by atoms with van der Waals surface area (Å²) in [6, 6.07) is 0. The lowest BCUT2D eigenvalue weighted by Crippen LogP contribution is -2.49. The van der Waals surface area contributed by atoms with Crippen LogP contribution < -0.4 is 10.6 Å². The van der Waals surface area contributed by atoms with Gasteiger partial charge >= 0.3 is 0 Å². The second-order valence-electron chi connectivity index (χ2n) is 15.7. The standard InChI is InChI=1S/C43H84N9O6/c1-10-19-43(20-11-2,37-58-35-42(57)52(33-40(55)50(15-6)16-7)34-41(56)51(17-8)18-9)36-45-38(53)31-44-39(54)32-49-29-24-46(14-5)23-25-47(21-12-3)26-27-48(22-13-4)28-30-49/h5,10-37H2,1-4,6-9H3,(H,44,54)(H,45,53)/q-1. The molecule has 1 rings (SSSR count). The summed E-state index contributed by atoms with van der Waals surface area (Å²) < 4.78 is 6.08. The van der Waals surface area contributed by atoms with Crippen LogP contribution >= 0.6 is 0 Å². The van der Waals surface area contributed by atoms with Crippen molar-refractivity contribution in [3.63, 3.8) is 0 Å². The first kappa shape index (κ1) is 53.2. The molecular weight excluding hydrogens is 739 g/mol. The predicted octanol–water partition coefficient (Wildman–Crippen LogP) is 2.26. The van der Waals surface area contributed by atoms with Crippen molar-refractivity contribution in [3.05, 3.63) is 6.92 Å². The molecular formula is C43H84N9O6-. The first-order valence-corrected chi connectivity index (χ1v) is 22.5. The van der Waals surface area contributed by atoms with Crippen molar-refractivity contribution in [1.82, 2.24) is 44.9 Å². The molecule has 1 aliphatic heterocycles. The van der Waals surface area contributed by atoms with Gasteiger partial charge in [-0.1, -0.05) is 40.5 Å². The fraction of sp³-hybridized carbons (Fsp3) is 0.860. The molecule has 0 aromatic heterocycles. The zero-order valence-corrected chi connectivity index (χ0v) is 38.1. The van der Waals surface area contributed by atoms with Gasteiger partial charge in [0.1, 0.15) is 19.7 Å². The van der Waals surface area contributed by atoms with E-state index in [1.54, 1.807) is 9.80 Å². The molecule has 1 fully saturated rings. The van der Waals surface area contributed by atoms with Crippen LogP contribution in [0.15, 0.2) is 0 Å². The van der Waals surface area contributed by atoms with E-state index >= 15 is 0 Å². The minimum Gasteiger partial charge on any atom is -0.371 e. The zero-order valence-electron chi connectivity index (χ0n) is 38.1. The summed E-state index contributed by atoms with van der Waals surface area (Å²) in [4.78, 5) is 80.1. The third kappa shape index (κ3) is 20.9. The van der Waals surface area contributed by atoms with E-state index in [0.717, 1.165) is 111 Å². The highest BCUT2D eigenvalue weighted by atomic mass is 16.5. The topological polar surface area (TPSA) is 141 Å². The van der Waals surface area contributed by atoms with Crippen LogP contribution in [-0.4, -0.2) is 208 Å². The summed E-state index contributed by atoms with van der Waals surface area (Å²) in [5, 5.41) is 5.89. The maximum Gasteiger partial charge on any atom is 0.249 e. The number of carbonyl (C=O) groups excluding carboxylic acids is 5. The van der Waals surface area contributed by atoms with Crippen molar-refractivity contribution in [2.24, 2.45) is 5.41 Å². The molecule has 0 bridgehead atoms.